The van der Waals surface area contributed by atoms with Gasteiger partial charge in [-0.25, -0.2) is 4.79 Å². The van der Waals surface area contributed by atoms with Crippen molar-refractivity contribution in [3.63, 3.8) is 0 Å². The van der Waals surface area contributed by atoms with Gasteiger partial charge in [0.2, 0.25) is 0 Å². The Morgan fingerprint density at radius 2 is 1.64 bits per heavy atom. The zero-order valence-corrected chi connectivity index (χ0v) is 15.3. The molecule has 134 valence electrons. The minimum Gasteiger partial charge on any atom is -0.478 e. The Morgan fingerprint density at radius 3 is 2.12 bits per heavy atom. The average molecular weight is 431 g/mol. The number of rotatable bonds is 4. The lowest BCUT2D eigenvalue weighted by Gasteiger charge is -2.04. The van der Waals surface area contributed by atoms with Gasteiger partial charge in [0.05, 0.1) is 17.0 Å². The largest absolute Gasteiger partial charge is 0.478 e. The highest BCUT2D eigenvalue weighted by atomic mass is 79.9. The lowest BCUT2D eigenvalue weighted by Crippen LogP contribution is -2.00. The Hall–Kier alpha value is -2.27. The molecule has 0 saturated heterocycles. The highest BCUT2D eigenvalue weighted by Gasteiger charge is 2.01. The number of anilines is 1. The Bertz CT molecular complexity index is 858. The average Bonchev–Trinajstić information content (AvgIpc) is 2.51. The minimum absolute atomic E-state index is 0.253. The van der Waals surface area contributed by atoms with E-state index < -0.39 is 16.4 Å². The number of carboxylic acids is 1. The standard InChI is InChI=1S/C15H13BrN2O2.H2O4S/c1-10(12-3-2-4-13(16)9-12)17-18-14-7-5-11(6-8-14)15(19)20;1-5(2,3)4/h2-9,18H,1H3,(H,19,20);(H2,1,2,3,4)/b17-10+;. The van der Waals surface area contributed by atoms with Crippen LogP contribution in [0.2, 0.25) is 0 Å². The summed E-state index contributed by atoms with van der Waals surface area (Å²) in [6.45, 7) is 1.90. The molecule has 0 aromatic heterocycles. The van der Waals surface area contributed by atoms with Crippen molar-refractivity contribution in [2.24, 2.45) is 5.10 Å². The third kappa shape index (κ3) is 8.96. The van der Waals surface area contributed by atoms with Gasteiger partial charge in [-0.15, -0.1) is 0 Å². The molecule has 0 spiro atoms. The normalized spacial score (nSPS) is 11.3. The van der Waals surface area contributed by atoms with Crippen LogP contribution in [0.5, 0.6) is 0 Å². The van der Waals surface area contributed by atoms with E-state index in [0.717, 1.165) is 21.4 Å². The topological polar surface area (TPSA) is 136 Å². The molecular weight excluding hydrogens is 416 g/mol. The first kappa shape index (κ1) is 20.8. The molecule has 0 bridgehead atoms. The van der Waals surface area contributed by atoms with Gasteiger partial charge in [0.25, 0.3) is 0 Å². The van der Waals surface area contributed by atoms with Gasteiger partial charge in [-0.05, 0) is 48.9 Å². The molecule has 2 aromatic carbocycles. The predicted octanol–water partition coefficient (Wildman–Crippen LogP) is 3.33. The summed E-state index contributed by atoms with van der Waals surface area (Å²) in [5, 5.41) is 13.1. The number of carboxylic acid groups (broad SMARTS) is 1. The lowest BCUT2D eigenvalue weighted by molar-refractivity contribution is 0.0697. The number of halogens is 1. The summed E-state index contributed by atoms with van der Waals surface area (Å²) >= 11 is 3.42. The van der Waals surface area contributed by atoms with E-state index in [9.17, 15) is 4.79 Å². The molecule has 0 atom stereocenters. The van der Waals surface area contributed by atoms with Gasteiger partial charge in [-0.3, -0.25) is 14.5 Å². The second kappa shape index (κ2) is 9.28. The number of nitrogens with one attached hydrogen (secondary N) is 1. The fourth-order valence-electron chi connectivity index (χ4n) is 1.61. The summed E-state index contributed by atoms with van der Waals surface area (Å²) in [4.78, 5) is 10.7. The summed E-state index contributed by atoms with van der Waals surface area (Å²) in [6.07, 6.45) is 0. The number of aromatic carboxylic acids is 1. The van der Waals surface area contributed by atoms with Crippen molar-refractivity contribution in [3.8, 4) is 0 Å². The molecular formula is C15H15BrN2O6S. The first-order chi connectivity index (χ1) is 11.6. The highest BCUT2D eigenvalue weighted by molar-refractivity contribution is 9.10. The van der Waals surface area contributed by atoms with Gasteiger partial charge in [0, 0.05) is 4.47 Å². The number of benzene rings is 2. The van der Waals surface area contributed by atoms with Crippen molar-refractivity contribution < 1.29 is 27.4 Å². The maximum atomic E-state index is 10.7. The molecule has 0 aliphatic carbocycles. The highest BCUT2D eigenvalue weighted by Crippen LogP contribution is 2.13. The summed E-state index contributed by atoms with van der Waals surface area (Å²) in [7, 11) is -4.67. The van der Waals surface area contributed by atoms with Crippen LogP contribution < -0.4 is 5.43 Å². The monoisotopic (exact) mass is 430 g/mol. The second-order valence-electron chi connectivity index (χ2n) is 4.65. The van der Waals surface area contributed by atoms with Crippen LogP contribution in [0.1, 0.15) is 22.8 Å². The van der Waals surface area contributed by atoms with Gasteiger partial charge in [-0.1, -0.05) is 28.1 Å². The van der Waals surface area contributed by atoms with E-state index in [1.165, 1.54) is 12.1 Å². The van der Waals surface area contributed by atoms with E-state index in [2.05, 4.69) is 26.5 Å². The van der Waals surface area contributed by atoms with E-state index in [1.54, 1.807) is 12.1 Å². The summed E-state index contributed by atoms with van der Waals surface area (Å²) in [6, 6.07) is 14.3. The van der Waals surface area contributed by atoms with Gasteiger partial charge in [-0.2, -0.15) is 13.5 Å². The Kier molecular flexibility index (Phi) is 7.71. The maximum Gasteiger partial charge on any atom is 0.394 e. The summed E-state index contributed by atoms with van der Waals surface area (Å²) in [5.74, 6) is -0.939. The predicted molar refractivity (Wildman–Crippen MR) is 97.6 cm³/mol. The van der Waals surface area contributed by atoms with Crippen molar-refractivity contribution in [2.75, 3.05) is 5.43 Å². The van der Waals surface area contributed by atoms with Crippen LogP contribution >= 0.6 is 15.9 Å². The summed E-state index contributed by atoms with van der Waals surface area (Å²) in [5.41, 5.74) is 5.75. The van der Waals surface area contributed by atoms with Gasteiger partial charge in [0.15, 0.2) is 0 Å². The molecule has 2 rings (SSSR count). The molecule has 10 heteroatoms. The molecule has 0 fully saturated rings. The minimum atomic E-state index is -4.67. The molecule has 25 heavy (non-hydrogen) atoms. The van der Waals surface area contributed by atoms with Crippen molar-refractivity contribution in [3.05, 3.63) is 64.1 Å². The molecule has 0 amide bonds. The van der Waals surface area contributed by atoms with Gasteiger partial charge in [0.1, 0.15) is 0 Å². The Morgan fingerprint density at radius 1 is 1.08 bits per heavy atom. The van der Waals surface area contributed by atoms with Gasteiger partial charge < -0.3 is 5.11 Å². The fraction of sp³-hybridized carbons (Fsp3) is 0.0667. The van der Waals surface area contributed by atoms with Crippen LogP contribution in [0.15, 0.2) is 58.1 Å². The molecule has 0 heterocycles. The van der Waals surface area contributed by atoms with E-state index >= 15 is 0 Å². The van der Waals surface area contributed by atoms with E-state index in [-0.39, 0.29) is 5.56 Å². The van der Waals surface area contributed by atoms with E-state index in [4.69, 9.17) is 22.6 Å². The maximum absolute atomic E-state index is 10.7. The van der Waals surface area contributed by atoms with Crippen LogP contribution in [0, 0.1) is 0 Å². The van der Waals surface area contributed by atoms with Crippen LogP contribution in [-0.4, -0.2) is 34.3 Å². The lowest BCUT2D eigenvalue weighted by atomic mass is 10.1. The Balaban J connectivity index is 0.000000550. The number of nitrogens with zero attached hydrogens (tertiary/aromatic N) is 1. The number of hydrazone groups is 1. The van der Waals surface area contributed by atoms with E-state index in [1.807, 2.05) is 31.2 Å². The number of hydrogen-bond acceptors (Lipinski definition) is 5. The van der Waals surface area contributed by atoms with Crippen molar-refractivity contribution in [2.45, 2.75) is 6.92 Å². The zero-order chi connectivity index (χ0) is 19.0. The van der Waals surface area contributed by atoms with E-state index in [0.29, 0.717) is 0 Å². The molecule has 0 aliphatic heterocycles. The fourth-order valence-corrected chi connectivity index (χ4v) is 2.01. The van der Waals surface area contributed by atoms with Crippen molar-refractivity contribution in [1.82, 2.24) is 0 Å². The third-order valence-corrected chi connectivity index (χ3v) is 3.22. The molecule has 0 saturated carbocycles. The van der Waals surface area contributed by atoms with Crippen LogP contribution in [0.4, 0.5) is 5.69 Å². The molecule has 0 aliphatic rings. The summed E-state index contributed by atoms with van der Waals surface area (Å²) < 4.78 is 32.6. The first-order valence-corrected chi connectivity index (χ1v) is 8.85. The van der Waals surface area contributed by atoms with Crippen LogP contribution in [-0.2, 0) is 10.4 Å². The van der Waals surface area contributed by atoms with Crippen molar-refractivity contribution in [1.29, 1.82) is 0 Å². The SMILES string of the molecule is C/C(=N\Nc1ccc(C(=O)O)cc1)c1cccc(Br)c1.O=S(=O)(O)O. The second-order valence-corrected chi connectivity index (χ2v) is 6.46. The third-order valence-electron chi connectivity index (χ3n) is 2.73. The molecule has 0 radical (unpaired) electrons. The molecule has 0 unspecified atom stereocenters. The zero-order valence-electron chi connectivity index (χ0n) is 12.9. The number of carbonyl (C=O) groups is 1. The molecule has 2 aromatic rings. The first-order valence-electron chi connectivity index (χ1n) is 6.66. The van der Waals surface area contributed by atoms with Gasteiger partial charge >= 0.3 is 16.4 Å². The quantitative estimate of drug-likeness (QED) is 0.331. The van der Waals surface area contributed by atoms with Crippen molar-refractivity contribution >= 4 is 43.7 Å². The number of hydrogen-bond donors (Lipinski definition) is 4. The van der Waals surface area contributed by atoms with Crippen LogP contribution in [0.3, 0.4) is 0 Å². The molecule has 4 N–H and O–H groups in total. The van der Waals surface area contributed by atoms with Crippen LogP contribution in [0.25, 0.3) is 0 Å². The Labute approximate surface area is 152 Å². The smallest absolute Gasteiger partial charge is 0.394 e. The molecule has 8 nitrogen and oxygen atoms in total.